The van der Waals surface area contributed by atoms with Gasteiger partial charge < -0.3 is 15.2 Å². The number of esters is 1. The second-order valence-electron chi connectivity index (χ2n) is 13.2. The summed E-state index contributed by atoms with van der Waals surface area (Å²) in [6.07, 6.45) is 44.1. The Bertz CT molecular complexity index is 819. The number of carbonyl (C=O) groups excluding carboxylic acids is 2. The molecule has 6 heteroatoms. The average Bonchev–Trinajstić information content (AvgIpc) is 3.05. The van der Waals surface area contributed by atoms with E-state index in [0.29, 0.717) is 12.8 Å². The summed E-state index contributed by atoms with van der Waals surface area (Å²) in [5.74, 6) is -1.24. The summed E-state index contributed by atoms with van der Waals surface area (Å²) >= 11 is 0. The van der Waals surface area contributed by atoms with Crippen LogP contribution in [0.4, 0.5) is 0 Å². The van der Waals surface area contributed by atoms with Gasteiger partial charge in [0.15, 0.2) is 0 Å². The lowest BCUT2D eigenvalue weighted by Gasteiger charge is -2.18. The van der Waals surface area contributed by atoms with Gasteiger partial charge >= 0.3 is 11.9 Å². The molecule has 6 nitrogen and oxygen atoms in total. The highest BCUT2D eigenvalue weighted by Gasteiger charge is 2.14. The molecule has 0 aliphatic carbocycles. The Morgan fingerprint density at radius 1 is 0.574 bits per heavy atom. The SMILES string of the molecule is CC/C=C\C/C=C\C/C=C\CCCCCCCCCC(=O)OC(CCCCCCCCCC)CCCCCCCC(=O)NCC(=O)O. The minimum absolute atomic E-state index is 0.0254. The summed E-state index contributed by atoms with van der Waals surface area (Å²) in [5, 5.41) is 11.1. The zero-order valence-corrected chi connectivity index (χ0v) is 30.6. The van der Waals surface area contributed by atoms with Crippen molar-refractivity contribution in [3.63, 3.8) is 0 Å². The van der Waals surface area contributed by atoms with Crippen molar-refractivity contribution in [2.45, 2.75) is 200 Å². The molecule has 0 aromatic rings. The Balaban J connectivity index is 4.08. The summed E-state index contributed by atoms with van der Waals surface area (Å²) in [6, 6.07) is 0. The van der Waals surface area contributed by atoms with Gasteiger partial charge in [0.25, 0.3) is 0 Å². The Hall–Kier alpha value is -2.37. The number of hydrogen-bond donors (Lipinski definition) is 2. The van der Waals surface area contributed by atoms with Crippen molar-refractivity contribution in [3.05, 3.63) is 36.5 Å². The first-order valence-corrected chi connectivity index (χ1v) is 19.6. The molecule has 1 unspecified atom stereocenters. The van der Waals surface area contributed by atoms with Crippen molar-refractivity contribution < 1.29 is 24.2 Å². The van der Waals surface area contributed by atoms with Crippen LogP contribution >= 0.6 is 0 Å². The van der Waals surface area contributed by atoms with Crippen molar-refractivity contribution in [2.75, 3.05) is 6.54 Å². The molecule has 47 heavy (non-hydrogen) atoms. The largest absolute Gasteiger partial charge is 0.480 e. The summed E-state index contributed by atoms with van der Waals surface area (Å²) in [5.41, 5.74) is 0. The molecule has 0 aromatic heterocycles. The number of carbonyl (C=O) groups is 3. The molecular formula is C41H73NO5. The second kappa shape index (κ2) is 36.5. The van der Waals surface area contributed by atoms with Crippen LogP contribution in [-0.4, -0.2) is 35.6 Å². The fraction of sp³-hybridized carbons (Fsp3) is 0.780. The van der Waals surface area contributed by atoms with Crippen LogP contribution in [0.2, 0.25) is 0 Å². The molecule has 0 aliphatic rings. The highest BCUT2D eigenvalue weighted by Crippen LogP contribution is 2.19. The van der Waals surface area contributed by atoms with Crippen LogP contribution < -0.4 is 5.32 Å². The lowest BCUT2D eigenvalue weighted by molar-refractivity contribution is -0.150. The van der Waals surface area contributed by atoms with Crippen molar-refractivity contribution in [3.8, 4) is 0 Å². The molecule has 0 fully saturated rings. The number of carboxylic acids is 1. The zero-order chi connectivity index (χ0) is 34.5. The van der Waals surface area contributed by atoms with Gasteiger partial charge in [-0.15, -0.1) is 0 Å². The van der Waals surface area contributed by atoms with Gasteiger partial charge in [-0.05, 0) is 70.6 Å². The molecule has 0 spiro atoms. The monoisotopic (exact) mass is 660 g/mol. The maximum absolute atomic E-state index is 12.7. The quantitative estimate of drug-likeness (QED) is 0.0401. The van der Waals surface area contributed by atoms with E-state index < -0.39 is 5.97 Å². The van der Waals surface area contributed by atoms with E-state index in [4.69, 9.17) is 9.84 Å². The zero-order valence-electron chi connectivity index (χ0n) is 30.6. The highest BCUT2D eigenvalue weighted by molar-refractivity contribution is 5.80. The maximum atomic E-state index is 12.7. The van der Waals surface area contributed by atoms with Gasteiger partial charge in [0.1, 0.15) is 12.6 Å². The molecule has 0 heterocycles. The van der Waals surface area contributed by atoms with E-state index >= 15 is 0 Å². The second-order valence-corrected chi connectivity index (χ2v) is 13.2. The van der Waals surface area contributed by atoms with Crippen molar-refractivity contribution >= 4 is 17.8 Å². The lowest BCUT2D eigenvalue weighted by Crippen LogP contribution is -2.28. The molecule has 272 valence electrons. The van der Waals surface area contributed by atoms with Crippen LogP contribution in [0.3, 0.4) is 0 Å². The van der Waals surface area contributed by atoms with Crippen LogP contribution in [0, 0.1) is 0 Å². The number of aliphatic carboxylic acids is 1. The molecule has 2 N–H and O–H groups in total. The number of allylic oxidation sites excluding steroid dienone is 6. The van der Waals surface area contributed by atoms with Crippen LogP contribution in [0.5, 0.6) is 0 Å². The minimum Gasteiger partial charge on any atom is -0.480 e. The van der Waals surface area contributed by atoms with Crippen molar-refractivity contribution in [2.24, 2.45) is 0 Å². The Labute approximate surface area is 289 Å². The highest BCUT2D eigenvalue weighted by atomic mass is 16.5. The van der Waals surface area contributed by atoms with Gasteiger partial charge in [-0.3, -0.25) is 14.4 Å². The van der Waals surface area contributed by atoms with Crippen molar-refractivity contribution in [1.82, 2.24) is 5.32 Å². The van der Waals surface area contributed by atoms with E-state index in [0.717, 1.165) is 83.5 Å². The van der Waals surface area contributed by atoms with E-state index in [2.05, 4.69) is 55.6 Å². The van der Waals surface area contributed by atoms with Gasteiger partial charge in [-0.1, -0.05) is 147 Å². The third kappa shape index (κ3) is 36.3. The number of ether oxygens (including phenoxy) is 1. The molecular weight excluding hydrogens is 586 g/mol. The van der Waals surface area contributed by atoms with Crippen LogP contribution in [0.15, 0.2) is 36.5 Å². The average molecular weight is 660 g/mol. The third-order valence-electron chi connectivity index (χ3n) is 8.58. The van der Waals surface area contributed by atoms with Gasteiger partial charge in [-0.25, -0.2) is 0 Å². The summed E-state index contributed by atoms with van der Waals surface area (Å²) in [7, 11) is 0. The number of unbranched alkanes of at least 4 members (excludes halogenated alkanes) is 18. The summed E-state index contributed by atoms with van der Waals surface area (Å²) in [6.45, 7) is 4.10. The van der Waals surface area contributed by atoms with Crippen molar-refractivity contribution in [1.29, 1.82) is 0 Å². The van der Waals surface area contributed by atoms with E-state index in [1.165, 1.54) is 83.5 Å². The molecule has 0 radical (unpaired) electrons. The third-order valence-corrected chi connectivity index (χ3v) is 8.58. The first kappa shape index (κ1) is 44.6. The molecule has 0 saturated carbocycles. The summed E-state index contributed by atoms with van der Waals surface area (Å²) < 4.78 is 5.99. The molecule has 0 bridgehead atoms. The first-order valence-electron chi connectivity index (χ1n) is 19.6. The Kier molecular flexibility index (Phi) is 34.6. The van der Waals surface area contributed by atoms with E-state index in [9.17, 15) is 14.4 Å². The minimum atomic E-state index is -1.02. The van der Waals surface area contributed by atoms with Crippen LogP contribution in [-0.2, 0) is 19.1 Å². The molecule has 1 amide bonds. The Morgan fingerprint density at radius 3 is 1.60 bits per heavy atom. The van der Waals surface area contributed by atoms with Gasteiger partial charge in [-0.2, -0.15) is 0 Å². The van der Waals surface area contributed by atoms with Crippen LogP contribution in [0.1, 0.15) is 194 Å². The normalized spacial score (nSPS) is 12.4. The number of carboxylic acid groups (broad SMARTS) is 1. The first-order chi connectivity index (χ1) is 23.0. The lowest BCUT2D eigenvalue weighted by atomic mass is 10.0. The van der Waals surface area contributed by atoms with Gasteiger partial charge in [0.05, 0.1) is 0 Å². The number of nitrogens with one attached hydrogen (secondary N) is 1. The topological polar surface area (TPSA) is 92.7 Å². The fourth-order valence-electron chi connectivity index (χ4n) is 5.71. The van der Waals surface area contributed by atoms with E-state index in [1.807, 2.05) is 0 Å². The maximum Gasteiger partial charge on any atom is 0.322 e. The number of hydrogen-bond acceptors (Lipinski definition) is 4. The molecule has 0 rings (SSSR count). The molecule has 0 aromatic carbocycles. The fourth-order valence-corrected chi connectivity index (χ4v) is 5.71. The smallest absolute Gasteiger partial charge is 0.322 e. The Morgan fingerprint density at radius 2 is 1.04 bits per heavy atom. The standard InChI is InChI=1S/C41H73NO5/c1-3-5-7-9-11-13-14-15-16-17-18-19-20-21-23-28-32-36-41(46)47-38(33-29-25-22-12-10-8-6-4-2)34-30-26-24-27-31-35-39(43)42-37-40(44)45/h5,7,11,13,15-16,38H,3-4,6,8-10,12,14,17-37H2,1-2H3,(H,42,43)(H,44,45)/b7-5-,13-11-,16-15-. The number of rotatable bonds is 35. The molecule has 1 atom stereocenters. The molecule has 0 saturated heterocycles. The van der Waals surface area contributed by atoms with Gasteiger partial charge in [0, 0.05) is 12.8 Å². The molecule has 0 aliphatic heterocycles. The van der Waals surface area contributed by atoms with Crippen LogP contribution in [0.25, 0.3) is 0 Å². The van der Waals surface area contributed by atoms with Gasteiger partial charge in [0.2, 0.25) is 5.91 Å². The summed E-state index contributed by atoms with van der Waals surface area (Å²) in [4.78, 5) is 34.9. The number of amides is 1. The predicted molar refractivity (Wildman–Crippen MR) is 199 cm³/mol. The predicted octanol–water partition coefficient (Wildman–Crippen LogP) is 11.7. The van der Waals surface area contributed by atoms with E-state index in [-0.39, 0.29) is 24.5 Å². The van der Waals surface area contributed by atoms with E-state index in [1.54, 1.807) is 0 Å².